The summed E-state index contributed by atoms with van der Waals surface area (Å²) in [6, 6.07) is 3.58. The van der Waals surface area contributed by atoms with Crippen molar-refractivity contribution in [2.45, 2.75) is 37.1 Å². The highest BCUT2D eigenvalue weighted by Gasteiger charge is 2.34. The number of benzene rings is 1. The Morgan fingerprint density at radius 3 is 2.69 bits per heavy atom. The number of nitrogens with one attached hydrogen (secondary N) is 1. The summed E-state index contributed by atoms with van der Waals surface area (Å²) in [5, 5.41) is 11.3. The zero-order valence-corrected chi connectivity index (χ0v) is 19.7. The molecule has 1 amide bonds. The van der Waals surface area contributed by atoms with Gasteiger partial charge in [0.05, 0.1) is 19.1 Å². The molecule has 0 spiro atoms. The molecule has 0 saturated carbocycles. The van der Waals surface area contributed by atoms with Crippen LogP contribution in [0.15, 0.2) is 22.5 Å². The first-order valence-corrected chi connectivity index (χ1v) is 12.8. The molecular weight excluding hydrogens is 456 g/mol. The van der Waals surface area contributed by atoms with Gasteiger partial charge in [-0.2, -0.15) is 0 Å². The summed E-state index contributed by atoms with van der Waals surface area (Å²) in [5.74, 6) is 0.680. The van der Waals surface area contributed by atoms with E-state index < -0.39 is 22.0 Å². The second-order valence-corrected chi connectivity index (χ2v) is 10.6. The first kappa shape index (κ1) is 23.7. The van der Waals surface area contributed by atoms with Crippen LogP contribution in [0.2, 0.25) is 5.02 Å². The van der Waals surface area contributed by atoms with Crippen LogP contribution in [0.5, 0.6) is 5.75 Å². The second-order valence-electron chi connectivity index (χ2n) is 6.01. The fourth-order valence-electron chi connectivity index (χ4n) is 2.57. The van der Waals surface area contributed by atoms with Gasteiger partial charge in [-0.15, -0.1) is 10.2 Å². The zero-order chi connectivity index (χ0) is 21.6. The third-order valence-corrected chi connectivity index (χ3v) is 7.35. The van der Waals surface area contributed by atoms with Crippen molar-refractivity contribution in [3.8, 4) is 5.75 Å². The minimum absolute atomic E-state index is 0.195. The summed E-state index contributed by atoms with van der Waals surface area (Å²) in [6.45, 7) is 3.79. The average molecular weight is 479 g/mol. The fourth-order valence-corrected chi connectivity index (χ4v) is 5.62. The lowest BCUT2D eigenvalue weighted by Crippen LogP contribution is -2.47. The number of carbonyl (C=O) groups excluding carboxylic acids is 1. The largest absolute Gasteiger partial charge is 0.495 e. The first-order valence-electron chi connectivity index (χ1n) is 8.81. The van der Waals surface area contributed by atoms with Gasteiger partial charge < -0.3 is 4.74 Å². The van der Waals surface area contributed by atoms with Crippen LogP contribution >= 0.6 is 34.7 Å². The number of rotatable bonds is 10. The lowest BCUT2D eigenvalue weighted by atomic mass is 10.2. The molecule has 0 fully saturated rings. The number of amides is 1. The third-order valence-electron chi connectivity index (χ3n) is 3.77. The highest BCUT2D eigenvalue weighted by Crippen LogP contribution is 2.35. The maximum Gasteiger partial charge on any atom is 0.250 e. The van der Waals surface area contributed by atoms with E-state index in [0.29, 0.717) is 15.9 Å². The number of anilines is 2. The normalized spacial score (nSPS) is 12.4. The Balaban J connectivity index is 2.35. The van der Waals surface area contributed by atoms with Crippen molar-refractivity contribution in [3.63, 3.8) is 0 Å². The maximum atomic E-state index is 13.0. The van der Waals surface area contributed by atoms with Crippen LogP contribution < -0.4 is 14.4 Å². The van der Waals surface area contributed by atoms with Gasteiger partial charge in [0.15, 0.2) is 4.34 Å². The molecule has 29 heavy (non-hydrogen) atoms. The topological polar surface area (TPSA) is 101 Å². The number of aromatic nitrogens is 2. The van der Waals surface area contributed by atoms with Crippen molar-refractivity contribution in [3.05, 3.63) is 23.2 Å². The van der Waals surface area contributed by atoms with Crippen molar-refractivity contribution in [1.29, 1.82) is 0 Å². The molecule has 160 valence electrons. The van der Waals surface area contributed by atoms with Gasteiger partial charge in [-0.25, -0.2) is 8.42 Å². The SMILES string of the molecule is CCCSc1nnc(NC(=O)[C@H](CC)N(c2cc(Cl)ccc2OC)S(C)(=O)=O)s1. The van der Waals surface area contributed by atoms with Crippen LogP contribution in [0.1, 0.15) is 26.7 Å². The van der Waals surface area contributed by atoms with E-state index >= 15 is 0 Å². The number of thioether (sulfide) groups is 1. The lowest BCUT2D eigenvalue weighted by Gasteiger charge is -2.30. The molecule has 1 heterocycles. The Labute approximate surface area is 184 Å². The van der Waals surface area contributed by atoms with E-state index in [2.05, 4.69) is 22.4 Å². The highest BCUT2D eigenvalue weighted by atomic mass is 35.5. The van der Waals surface area contributed by atoms with Gasteiger partial charge in [-0.05, 0) is 31.0 Å². The number of hydrogen-bond donors (Lipinski definition) is 1. The quantitative estimate of drug-likeness (QED) is 0.408. The number of methoxy groups -OCH3 is 1. The summed E-state index contributed by atoms with van der Waals surface area (Å²) >= 11 is 8.87. The van der Waals surface area contributed by atoms with Crippen molar-refractivity contribution in [2.75, 3.05) is 28.7 Å². The van der Waals surface area contributed by atoms with Gasteiger partial charge in [-0.3, -0.25) is 14.4 Å². The first-order chi connectivity index (χ1) is 13.7. The van der Waals surface area contributed by atoms with E-state index in [9.17, 15) is 13.2 Å². The summed E-state index contributed by atoms with van der Waals surface area (Å²) in [4.78, 5) is 13.0. The van der Waals surface area contributed by atoms with E-state index in [4.69, 9.17) is 16.3 Å². The van der Waals surface area contributed by atoms with Gasteiger partial charge in [0.2, 0.25) is 21.1 Å². The van der Waals surface area contributed by atoms with Gasteiger partial charge in [0, 0.05) is 10.8 Å². The smallest absolute Gasteiger partial charge is 0.250 e. The summed E-state index contributed by atoms with van der Waals surface area (Å²) < 4.78 is 32.3. The molecule has 12 heteroatoms. The molecule has 2 rings (SSSR count). The molecule has 0 aliphatic heterocycles. The van der Waals surface area contributed by atoms with Crippen LogP contribution in [-0.4, -0.2) is 49.7 Å². The Kier molecular flexibility index (Phi) is 8.56. The molecule has 0 aliphatic carbocycles. The number of halogens is 1. The molecule has 0 unspecified atom stereocenters. The molecule has 0 radical (unpaired) electrons. The van der Waals surface area contributed by atoms with Crippen LogP contribution in [-0.2, 0) is 14.8 Å². The Hall–Kier alpha value is -1.56. The van der Waals surface area contributed by atoms with Crippen LogP contribution in [0, 0.1) is 0 Å². The summed E-state index contributed by atoms with van der Waals surface area (Å²) in [7, 11) is -2.40. The zero-order valence-electron chi connectivity index (χ0n) is 16.5. The lowest BCUT2D eigenvalue weighted by molar-refractivity contribution is -0.117. The van der Waals surface area contributed by atoms with Crippen LogP contribution in [0.25, 0.3) is 0 Å². The Morgan fingerprint density at radius 1 is 1.38 bits per heavy atom. The van der Waals surface area contributed by atoms with Gasteiger partial charge >= 0.3 is 0 Å². The van der Waals surface area contributed by atoms with Crippen molar-refractivity contribution in [1.82, 2.24) is 10.2 Å². The van der Waals surface area contributed by atoms with E-state index in [1.54, 1.807) is 30.8 Å². The molecule has 1 N–H and O–H groups in total. The molecule has 1 aromatic heterocycles. The number of nitrogens with zero attached hydrogens (tertiary/aromatic N) is 3. The van der Waals surface area contributed by atoms with Crippen LogP contribution in [0.3, 0.4) is 0 Å². The molecule has 1 aromatic carbocycles. The molecule has 0 bridgehead atoms. The minimum Gasteiger partial charge on any atom is -0.495 e. The number of sulfonamides is 1. The molecule has 0 aliphatic rings. The number of ether oxygens (including phenoxy) is 1. The van der Waals surface area contributed by atoms with E-state index in [-0.39, 0.29) is 12.1 Å². The number of hydrogen-bond acceptors (Lipinski definition) is 8. The molecular formula is C17H23ClN4O4S3. The van der Waals surface area contributed by atoms with Crippen molar-refractivity contribution in [2.24, 2.45) is 0 Å². The van der Waals surface area contributed by atoms with E-state index in [1.807, 2.05) is 0 Å². The maximum absolute atomic E-state index is 13.0. The van der Waals surface area contributed by atoms with Gasteiger partial charge in [0.25, 0.3) is 0 Å². The molecule has 8 nitrogen and oxygen atoms in total. The van der Waals surface area contributed by atoms with E-state index in [1.165, 1.54) is 24.5 Å². The fraction of sp³-hybridized carbons (Fsp3) is 0.471. The standard InChI is InChI=1S/C17H23ClN4O4S3/c1-5-9-27-17-21-20-16(28-17)19-15(23)12(6-2)22(29(4,24)25)13-10-11(18)7-8-14(13)26-3/h7-8,10,12H,5-6,9H2,1-4H3,(H,19,20,23)/t12-/m0/s1. The predicted octanol–water partition coefficient (Wildman–Crippen LogP) is 3.89. The molecule has 1 atom stereocenters. The molecule has 2 aromatic rings. The van der Waals surface area contributed by atoms with Gasteiger partial charge in [0.1, 0.15) is 11.8 Å². The summed E-state index contributed by atoms with van der Waals surface area (Å²) in [6.07, 6.45) is 2.26. The summed E-state index contributed by atoms with van der Waals surface area (Å²) in [5.41, 5.74) is 0.195. The Morgan fingerprint density at radius 2 is 2.10 bits per heavy atom. The predicted molar refractivity (Wildman–Crippen MR) is 119 cm³/mol. The number of carbonyl (C=O) groups is 1. The monoisotopic (exact) mass is 478 g/mol. The van der Waals surface area contributed by atoms with E-state index in [0.717, 1.165) is 27.1 Å². The highest BCUT2D eigenvalue weighted by molar-refractivity contribution is 8.01. The second kappa shape index (κ2) is 10.5. The third kappa shape index (κ3) is 6.21. The average Bonchev–Trinajstić information content (AvgIpc) is 3.10. The Bertz CT molecular complexity index is 952. The van der Waals surface area contributed by atoms with Crippen LogP contribution in [0.4, 0.5) is 10.8 Å². The van der Waals surface area contributed by atoms with Crippen molar-refractivity contribution >= 4 is 61.4 Å². The van der Waals surface area contributed by atoms with Crippen molar-refractivity contribution < 1.29 is 17.9 Å². The molecule has 0 saturated heterocycles. The van der Waals surface area contributed by atoms with Gasteiger partial charge in [-0.1, -0.05) is 48.5 Å². The minimum atomic E-state index is -3.83.